The van der Waals surface area contributed by atoms with Gasteiger partial charge in [0.1, 0.15) is 0 Å². The van der Waals surface area contributed by atoms with Gasteiger partial charge in [-0.1, -0.05) is 13.8 Å². The number of pyridine rings is 1. The van der Waals surface area contributed by atoms with Crippen LogP contribution in [0.4, 0.5) is 0 Å². The Kier molecular flexibility index (Phi) is 4.95. The van der Waals surface area contributed by atoms with Gasteiger partial charge >= 0.3 is 0 Å². The molecule has 1 amide bonds. The number of aromatic amines is 1. The number of rotatable bonds is 4. The number of hydrogen-bond donors (Lipinski definition) is 2. The van der Waals surface area contributed by atoms with Gasteiger partial charge in [-0.2, -0.15) is 0 Å². The van der Waals surface area contributed by atoms with Crippen LogP contribution in [-0.4, -0.2) is 29.6 Å². The molecule has 5 heteroatoms. The number of hydrogen-bond acceptors (Lipinski definition) is 3. The van der Waals surface area contributed by atoms with Gasteiger partial charge in [0.05, 0.1) is 12.1 Å². The minimum absolute atomic E-state index is 0.0259. The third-order valence-electron chi connectivity index (χ3n) is 3.50. The second-order valence-electron chi connectivity index (χ2n) is 5.70. The standard InChI is InChI=1S/C15H22N2O3/c1-10(2)8-13-12(4-3-7-20-13)17-15(19)11-5-6-16-14(18)9-11/h5-6,9-10,12-13H,3-4,7-8H2,1-2H3,(H,16,18)(H,17,19)/t12-,13-/m1/s1. The fourth-order valence-electron chi connectivity index (χ4n) is 2.54. The number of H-pyrrole nitrogens is 1. The summed E-state index contributed by atoms with van der Waals surface area (Å²) in [6, 6.07) is 2.95. The lowest BCUT2D eigenvalue weighted by molar-refractivity contribution is -0.0186. The van der Waals surface area contributed by atoms with Crippen LogP contribution in [0, 0.1) is 5.92 Å². The van der Waals surface area contributed by atoms with Crippen molar-refractivity contribution < 1.29 is 9.53 Å². The summed E-state index contributed by atoms with van der Waals surface area (Å²) in [6.45, 7) is 5.05. The zero-order chi connectivity index (χ0) is 14.5. The Balaban J connectivity index is 2.03. The van der Waals surface area contributed by atoms with Crippen molar-refractivity contribution in [3.63, 3.8) is 0 Å². The third-order valence-corrected chi connectivity index (χ3v) is 3.50. The molecule has 2 rings (SSSR count). The molecule has 0 aliphatic carbocycles. The van der Waals surface area contributed by atoms with Gasteiger partial charge in [0, 0.05) is 24.4 Å². The zero-order valence-corrected chi connectivity index (χ0v) is 12.0. The van der Waals surface area contributed by atoms with Gasteiger partial charge < -0.3 is 15.0 Å². The Labute approximate surface area is 118 Å². The number of nitrogens with one attached hydrogen (secondary N) is 2. The maximum atomic E-state index is 12.2. The molecule has 0 saturated carbocycles. The molecule has 110 valence electrons. The highest BCUT2D eigenvalue weighted by molar-refractivity contribution is 5.94. The summed E-state index contributed by atoms with van der Waals surface area (Å²) in [4.78, 5) is 25.9. The number of ether oxygens (including phenoxy) is 1. The molecule has 0 spiro atoms. The lowest BCUT2D eigenvalue weighted by Gasteiger charge is -2.33. The van der Waals surface area contributed by atoms with Crippen LogP contribution in [0.5, 0.6) is 0 Å². The predicted octanol–water partition coefficient (Wildman–Crippen LogP) is 1.70. The first-order valence-corrected chi connectivity index (χ1v) is 7.17. The van der Waals surface area contributed by atoms with Gasteiger partial charge in [0.2, 0.25) is 5.56 Å². The summed E-state index contributed by atoms with van der Waals surface area (Å²) in [7, 11) is 0. The van der Waals surface area contributed by atoms with Crippen molar-refractivity contribution >= 4 is 5.91 Å². The zero-order valence-electron chi connectivity index (χ0n) is 12.0. The molecule has 2 heterocycles. The second kappa shape index (κ2) is 6.70. The van der Waals surface area contributed by atoms with Crippen LogP contribution in [0.15, 0.2) is 23.1 Å². The van der Waals surface area contributed by atoms with Gasteiger partial charge in [-0.15, -0.1) is 0 Å². The van der Waals surface area contributed by atoms with Crippen LogP contribution < -0.4 is 10.9 Å². The summed E-state index contributed by atoms with van der Waals surface area (Å²) >= 11 is 0. The maximum absolute atomic E-state index is 12.2. The summed E-state index contributed by atoms with van der Waals surface area (Å²) in [5, 5.41) is 3.00. The quantitative estimate of drug-likeness (QED) is 0.880. The van der Waals surface area contributed by atoms with Crippen molar-refractivity contribution in [2.24, 2.45) is 5.92 Å². The van der Waals surface area contributed by atoms with Crippen LogP contribution in [0.2, 0.25) is 0 Å². The first-order valence-electron chi connectivity index (χ1n) is 7.17. The molecule has 0 unspecified atom stereocenters. The minimum atomic E-state index is -0.267. The first-order chi connectivity index (χ1) is 9.56. The highest BCUT2D eigenvalue weighted by Crippen LogP contribution is 2.20. The van der Waals surface area contributed by atoms with Crippen molar-refractivity contribution in [2.45, 2.75) is 45.3 Å². The molecule has 1 aliphatic rings. The second-order valence-corrected chi connectivity index (χ2v) is 5.70. The highest BCUT2D eigenvalue weighted by atomic mass is 16.5. The normalized spacial score (nSPS) is 22.8. The van der Waals surface area contributed by atoms with Crippen LogP contribution in [-0.2, 0) is 4.74 Å². The molecule has 1 aromatic rings. The number of carbonyl (C=O) groups is 1. The predicted molar refractivity (Wildman–Crippen MR) is 76.7 cm³/mol. The average molecular weight is 278 g/mol. The molecule has 5 nitrogen and oxygen atoms in total. The number of aromatic nitrogens is 1. The summed E-state index contributed by atoms with van der Waals surface area (Å²) in [5.41, 5.74) is 0.124. The van der Waals surface area contributed by atoms with E-state index in [0.29, 0.717) is 11.5 Å². The molecule has 2 atom stereocenters. The van der Waals surface area contributed by atoms with E-state index in [0.717, 1.165) is 25.9 Å². The van der Waals surface area contributed by atoms with Gasteiger partial charge in [-0.3, -0.25) is 9.59 Å². The Hall–Kier alpha value is -1.62. The minimum Gasteiger partial charge on any atom is -0.376 e. The van der Waals surface area contributed by atoms with Gasteiger partial charge in [-0.05, 0) is 31.2 Å². The van der Waals surface area contributed by atoms with E-state index in [4.69, 9.17) is 4.74 Å². The summed E-state index contributed by atoms with van der Waals surface area (Å²) < 4.78 is 5.78. The fourth-order valence-corrected chi connectivity index (χ4v) is 2.54. The number of carbonyl (C=O) groups excluding carboxylic acids is 1. The summed E-state index contributed by atoms with van der Waals surface area (Å²) in [5.74, 6) is 0.317. The van der Waals surface area contributed by atoms with E-state index in [-0.39, 0.29) is 23.6 Å². The van der Waals surface area contributed by atoms with Crippen LogP contribution in [0.3, 0.4) is 0 Å². The number of amides is 1. The van der Waals surface area contributed by atoms with Crippen molar-refractivity contribution in [3.8, 4) is 0 Å². The van der Waals surface area contributed by atoms with E-state index in [1.165, 1.54) is 12.3 Å². The van der Waals surface area contributed by atoms with Crippen molar-refractivity contribution in [1.82, 2.24) is 10.3 Å². The topological polar surface area (TPSA) is 71.2 Å². The maximum Gasteiger partial charge on any atom is 0.251 e. The molecule has 0 radical (unpaired) electrons. The van der Waals surface area contributed by atoms with Crippen molar-refractivity contribution in [1.29, 1.82) is 0 Å². The molecule has 1 aromatic heterocycles. The van der Waals surface area contributed by atoms with Crippen LogP contribution >= 0.6 is 0 Å². The fraction of sp³-hybridized carbons (Fsp3) is 0.600. The molecular weight excluding hydrogens is 256 g/mol. The van der Waals surface area contributed by atoms with Crippen molar-refractivity contribution in [3.05, 3.63) is 34.2 Å². The smallest absolute Gasteiger partial charge is 0.251 e. The Morgan fingerprint density at radius 2 is 2.35 bits per heavy atom. The van der Waals surface area contributed by atoms with E-state index in [2.05, 4.69) is 24.1 Å². The molecule has 1 aliphatic heterocycles. The van der Waals surface area contributed by atoms with E-state index in [1.54, 1.807) is 6.07 Å². The van der Waals surface area contributed by atoms with E-state index < -0.39 is 0 Å². The van der Waals surface area contributed by atoms with E-state index >= 15 is 0 Å². The molecular formula is C15H22N2O3. The monoisotopic (exact) mass is 278 g/mol. The van der Waals surface area contributed by atoms with E-state index in [1.807, 2.05) is 0 Å². The molecule has 0 aromatic carbocycles. The first kappa shape index (κ1) is 14.8. The molecule has 2 N–H and O–H groups in total. The highest BCUT2D eigenvalue weighted by Gasteiger charge is 2.28. The van der Waals surface area contributed by atoms with Crippen LogP contribution in [0.1, 0.15) is 43.5 Å². The lowest BCUT2D eigenvalue weighted by Crippen LogP contribution is -2.47. The molecule has 1 saturated heterocycles. The Morgan fingerprint density at radius 3 is 3.05 bits per heavy atom. The van der Waals surface area contributed by atoms with E-state index in [9.17, 15) is 9.59 Å². The summed E-state index contributed by atoms with van der Waals surface area (Å²) in [6.07, 6.45) is 4.36. The third kappa shape index (κ3) is 3.93. The molecule has 1 fully saturated rings. The molecule has 0 bridgehead atoms. The van der Waals surface area contributed by atoms with Crippen LogP contribution in [0.25, 0.3) is 0 Å². The van der Waals surface area contributed by atoms with Gasteiger partial charge in [-0.25, -0.2) is 0 Å². The van der Waals surface area contributed by atoms with Crippen molar-refractivity contribution in [2.75, 3.05) is 6.61 Å². The molecule has 20 heavy (non-hydrogen) atoms. The average Bonchev–Trinajstić information content (AvgIpc) is 2.40. The van der Waals surface area contributed by atoms with Gasteiger partial charge in [0.25, 0.3) is 5.91 Å². The Bertz CT molecular complexity index is 510. The largest absolute Gasteiger partial charge is 0.376 e. The van der Waals surface area contributed by atoms with Gasteiger partial charge in [0.15, 0.2) is 0 Å². The lowest BCUT2D eigenvalue weighted by atomic mass is 9.94. The SMILES string of the molecule is CC(C)C[C@H]1OCCC[C@H]1NC(=O)c1cc[nH]c(=O)c1. The Morgan fingerprint density at radius 1 is 1.55 bits per heavy atom.